The molecule has 1 nitrogen and oxygen atoms in total. The molecule has 0 unspecified atom stereocenters. The Kier molecular flexibility index (Phi) is 2.65. The van der Waals surface area contributed by atoms with Crippen molar-refractivity contribution in [2.75, 3.05) is 0 Å². The zero-order valence-electron chi connectivity index (χ0n) is 11.6. The van der Waals surface area contributed by atoms with Crippen LogP contribution in [0.4, 0.5) is 0 Å². The smallest absolute Gasteiger partial charge is 0.0465 e. The van der Waals surface area contributed by atoms with Gasteiger partial charge in [-0.25, -0.2) is 0 Å². The molecule has 0 saturated carbocycles. The first kappa shape index (κ1) is 12.0. The van der Waals surface area contributed by atoms with Gasteiger partial charge in [-0.3, -0.25) is 0 Å². The lowest BCUT2D eigenvalue weighted by atomic mass is 10.0. The van der Waals surface area contributed by atoms with Gasteiger partial charge in [0.25, 0.3) is 0 Å². The fraction of sp³-hybridized carbons (Fsp3) is 0. The summed E-state index contributed by atoms with van der Waals surface area (Å²) in [5.41, 5.74) is 5.98. The zero-order chi connectivity index (χ0) is 14.2. The van der Waals surface area contributed by atoms with E-state index in [1.54, 1.807) is 0 Å². The van der Waals surface area contributed by atoms with Gasteiger partial charge in [0.2, 0.25) is 0 Å². The molecule has 0 amide bonds. The van der Waals surface area contributed by atoms with E-state index in [1.807, 2.05) is 6.08 Å². The maximum absolute atomic E-state index is 3.80. The Balaban J connectivity index is 1.92. The van der Waals surface area contributed by atoms with Crippen LogP contribution in [0.3, 0.4) is 0 Å². The number of fused-ring (bicyclic) bond motifs is 3. The van der Waals surface area contributed by atoms with E-state index in [9.17, 15) is 0 Å². The number of hydrogen-bond donors (Lipinski definition) is 1. The molecule has 1 aromatic heterocycles. The monoisotopic (exact) mass is 269 g/mol. The topological polar surface area (TPSA) is 15.8 Å². The summed E-state index contributed by atoms with van der Waals surface area (Å²) in [6, 6.07) is 23.5. The van der Waals surface area contributed by atoms with Gasteiger partial charge in [-0.15, -0.1) is 0 Å². The lowest BCUT2D eigenvalue weighted by molar-refractivity contribution is 1.54. The molecule has 1 heterocycles. The van der Waals surface area contributed by atoms with Crippen LogP contribution in [0, 0.1) is 0 Å². The molecule has 0 bridgehead atoms. The van der Waals surface area contributed by atoms with Crippen LogP contribution in [0.25, 0.3) is 39.0 Å². The number of aromatic amines is 1. The second-order valence-corrected chi connectivity index (χ2v) is 5.26. The maximum Gasteiger partial charge on any atom is 0.0465 e. The Morgan fingerprint density at radius 2 is 1.43 bits per heavy atom. The van der Waals surface area contributed by atoms with Gasteiger partial charge in [-0.05, 0) is 34.9 Å². The van der Waals surface area contributed by atoms with Gasteiger partial charge in [-0.1, -0.05) is 61.2 Å². The molecule has 0 aliphatic rings. The number of para-hydroxylation sites is 1. The number of benzene rings is 3. The van der Waals surface area contributed by atoms with E-state index in [0.717, 1.165) is 5.56 Å². The summed E-state index contributed by atoms with van der Waals surface area (Å²) in [5.74, 6) is 0. The molecule has 0 atom stereocenters. The van der Waals surface area contributed by atoms with E-state index in [0.29, 0.717) is 0 Å². The first-order valence-corrected chi connectivity index (χ1v) is 7.08. The molecule has 3 aromatic carbocycles. The predicted molar refractivity (Wildman–Crippen MR) is 91.3 cm³/mol. The number of nitrogens with one attached hydrogen (secondary N) is 1. The minimum atomic E-state index is 1.15. The first-order valence-electron chi connectivity index (χ1n) is 7.08. The standard InChI is InChI=1S/C20H15N/c1-2-14-7-9-15(10-8-14)16-11-12-20-18(13-16)17-5-3-4-6-19(17)21-20/h2-13,21H,1H2. The van der Waals surface area contributed by atoms with Gasteiger partial charge in [0.1, 0.15) is 0 Å². The Morgan fingerprint density at radius 3 is 2.24 bits per heavy atom. The number of rotatable bonds is 2. The number of H-pyrrole nitrogens is 1. The fourth-order valence-corrected chi connectivity index (χ4v) is 2.84. The summed E-state index contributed by atoms with van der Waals surface area (Å²) in [7, 11) is 0. The highest BCUT2D eigenvalue weighted by Crippen LogP contribution is 2.30. The van der Waals surface area contributed by atoms with Gasteiger partial charge in [0.15, 0.2) is 0 Å². The van der Waals surface area contributed by atoms with E-state index in [-0.39, 0.29) is 0 Å². The van der Waals surface area contributed by atoms with Crippen molar-refractivity contribution in [3.63, 3.8) is 0 Å². The fourth-order valence-electron chi connectivity index (χ4n) is 2.84. The average molecular weight is 269 g/mol. The Hall–Kier alpha value is -2.80. The largest absolute Gasteiger partial charge is 0.355 e. The van der Waals surface area contributed by atoms with Crippen molar-refractivity contribution in [3.8, 4) is 11.1 Å². The predicted octanol–water partition coefficient (Wildman–Crippen LogP) is 5.63. The second-order valence-electron chi connectivity index (χ2n) is 5.26. The Labute approximate surface area is 123 Å². The SMILES string of the molecule is C=Cc1ccc(-c2ccc3[nH]c4ccccc4c3c2)cc1. The third-order valence-electron chi connectivity index (χ3n) is 3.99. The summed E-state index contributed by atoms with van der Waals surface area (Å²) in [6.07, 6.45) is 1.87. The molecule has 0 spiro atoms. The summed E-state index contributed by atoms with van der Waals surface area (Å²) < 4.78 is 0. The van der Waals surface area contributed by atoms with Crippen molar-refractivity contribution < 1.29 is 0 Å². The van der Waals surface area contributed by atoms with E-state index in [2.05, 4.69) is 78.3 Å². The molecule has 4 rings (SSSR count). The molecular formula is C20H15N. The Bertz CT molecular complexity index is 943. The molecule has 1 heteroatoms. The van der Waals surface area contributed by atoms with Gasteiger partial charge in [0.05, 0.1) is 0 Å². The summed E-state index contributed by atoms with van der Waals surface area (Å²) in [5, 5.41) is 2.55. The molecule has 0 radical (unpaired) electrons. The van der Waals surface area contributed by atoms with E-state index < -0.39 is 0 Å². The minimum absolute atomic E-state index is 1.15. The van der Waals surface area contributed by atoms with Crippen LogP contribution in [0.1, 0.15) is 5.56 Å². The molecule has 0 saturated heterocycles. The first-order chi connectivity index (χ1) is 10.3. The summed E-state index contributed by atoms with van der Waals surface area (Å²) in [4.78, 5) is 3.46. The highest BCUT2D eigenvalue weighted by Gasteiger charge is 2.05. The molecule has 21 heavy (non-hydrogen) atoms. The molecule has 100 valence electrons. The van der Waals surface area contributed by atoms with Crippen molar-refractivity contribution in [2.45, 2.75) is 0 Å². The quantitative estimate of drug-likeness (QED) is 0.485. The third-order valence-corrected chi connectivity index (χ3v) is 3.99. The normalized spacial score (nSPS) is 11.0. The van der Waals surface area contributed by atoms with Crippen LogP contribution in [0.15, 0.2) is 73.3 Å². The molecule has 0 aliphatic carbocycles. The van der Waals surface area contributed by atoms with Gasteiger partial charge in [-0.2, -0.15) is 0 Å². The summed E-state index contributed by atoms with van der Waals surface area (Å²) in [6.45, 7) is 3.80. The molecular weight excluding hydrogens is 254 g/mol. The Morgan fingerprint density at radius 1 is 0.714 bits per heavy atom. The van der Waals surface area contributed by atoms with Gasteiger partial charge < -0.3 is 4.98 Å². The van der Waals surface area contributed by atoms with Gasteiger partial charge in [0, 0.05) is 21.8 Å². The highest BCUT2D eigenvalue weighted by atomic mass is 14.7. The van der Waals surface area contributed by atoms with Crippen LogP contribution in [-0.4, -0.2) is 4.98 Å². The average Bonchev–Trinajstić information content (AvgIpc) is 2.93. The van der Waals surface area contributed by atoms with Crippen molar-refractivity contribution in [1.82, 2.24) is 4.98 Å². The zero-order valence-corrected chi connectivity index (χ0v) is 11.6. The van der Waals surface area contributed by atoms with Crippen molar-refractivity contribution >= 4 is 27.9 Å². The lowest BCUT2D eigenvalue weighted by Gasteiger charge is -2.03. The number of aromatic nitrogens is 1. The van der Waals surface area contributed by atoms with E-state index >= 15 is 0 Å². The minimum Gasteiger partial charge on any atom is -0.355 e. The summed E-state index contributed by atoms with van der Waals surface area (Å²) >= 11 is 0. The highest BCUT2D eigenvalue weighted by molar-refractivity contribution is 6.08. The van der Waals surface area contributed by atoms with Crippen LogP contribution in [0.5, 0.6) is 0 Å². The van der Waals surface area contributed by atoms with Crippen LogP contribution < -0.4 is 0 Å². The molecule has 1 N–H and O–H groups in total. The second kappa shape index (κ2) is 4.64. The number of hydrogen-bond acceptors (Lipinski definition) is 0. The maximum atomic E-state index is 3.80. The third kappa shape index (κ3) is 1.95. The van der Waals surface area contributed by atoms with Crippen molar-refractivity contribution in [1.29, 1.82) is 0 Å². The lowest BCUT2D eigenvalue weighted by Crippen LogP contribution is -1.79. The molecule has 0 aliphatic heterocycles. The van der Waals surface area contributed by atoms with Crippen molar-refractivity contribution in [2.24, 2.45) is 0 Å². The van der Waals surface area contributed by atoms with E-state index in [1.165, 1.54) is 32.9 Å². The van der Waals surface area contributed by atoms with Crippen molar-refractivity contribution in [3.05, 3.63) is 78.9 Å². The van der Waals surface area contributed by atoms with Crippen LogP contribution in [0.2, 0.25) is 0 Å². The molecule has 0 fully saturated rings. The van der Waals surface area contributed by atoms with Gasteiger partial charge >= 0.3 is 0 Å². The molecule has 4 aromatic rings. The van der Waals surface area contributed by atoms with E-state index in [4.69, 9.17) is 0 Å². The van der Waals surface area contributed by atoms with Crippen LogP contribution in [-0.2, 0) is 0 Å². The van der Waals surface area contributed by atoms with Crippen LogP contribution >= 0.6 is 0 Å².